The van der Waals surface area contributed by atoms with E-state index in [1.54, 1.807) is 23.7 Å². The first-order valence-corrected chi connectivity index (χ1v) is 7.85. The maximum absolute atomic E-state index is 4.49. The standard InChI is InChI=1S/C14H19N5S/c1-11-18-13(10-20-11)8-17-12-4-2-7-19(9-12)14-15-5-3-6-16-14/h3,5-6,10,12,17H,2,4,7-9H2,1H3. The molecule has 1 saturated heterocycles. The molecule has 20 heavy (non-hydrogen) atoms. The molecular weight excluding hydrogens is 270 g/mol. The van der Waals surface area contributed by atoms with Crippen LogP contribution in [0, 0.1) is 6.92 Å². The fourth-order valence-electron chi connectivity index (χ4n) is 2.52. The minimum absolute atomic E-state index is 0.481. The van der Waals surface area contributed by atoms with E-state index in [0.717, 1.165) is 36.3 Å². The van der Waals surface area contributed by atoms with Gasteiger partial charge in [0.25, 0.3) is 0 Å². The first-order chi connectivity index (χ1) is 9.81. The maximum atomic E-state index is 4.49. The summed E-state index contributed by atoms with van der Waals surface area (Å²) in [6, 6.07) is 2.34. The van der Waals surface area contributed by atoms with Gasteiger partial charge >= 0.3 is 0 Å². The minimum Gasteiger partial charge on any atom is -0.339 e. The van der Waals surface area contributed by atoms with Crippen molar-refractivity contribution in [2.75, 3.05) is 18.0 Å². The maximum Gasteiger partial charge on any atom is 0.225 e. The van der Waals surface area contributed by atoms with E-state index in [9.17, 15) is 0 Å². The predicted molar refractivity (Wildman–Crippen MR) is 81.0 cm³/mol. The van der Waals surface area contributed by atoms with E-state index in [2.05, 4.69) is 30.5 Å². The molecule has 3 heterocycles. The third-order valence-corrected chi connectivity index (χ3v) is 4.32. The first kappa shape index (κ1) is 13.5. The van der Waals surface area contributed by atoms with Gasteiger partial charge < -0.3 is 10.2 Å². The van der Waals surface area contributed by atoms with Crippen LogP contribution in [0.15, 0.2) is 23.8 Å². The Balaban J connectivity index is 1.55. The summed E-state index contributed by atoms with van der Waals surface area (Å²) in [7, 11) is 0. The molecule has 1 N–H and O–H groups in total. The van der Waals surface area contributed by atoms with E-state index in [0.29, 0.717) is 6.04 Å². The Morgan fingerprint density at radius 1 is 1.40 bits per heavy atom. The summed E-state index contributed by atoms with van der Waals surface area (Å²) in [5.41, 5.74) is 1.14. The molecule has 0 amide bonds. The fourth-order valence-corrected chi connectivity index (χ4v) is 3.13. The van der Waals surface area contributed by atoms with E-state index >= 15 is 0 Å². The molecule has 5 nitrogen and oxygen atoms in total. The second kappa shape index (κ2) is 6.28. The number of piperidine rings is 1. The summed E-state index contributed by atoms with van der Waals surface area (Å²) in [6.07, 6.45) is 5.98. The summed E-state index contributed by atoms with van der Waals surface area (Å²) in [5.74, 6) is 0.837. The van der Waals surface area contributed by atoms with Crippen molar-refractivity contribution in [1.29, 1.82) is 0 Å². The lowest BCUT2D eigenvalue weighted by molar-refractivity contribution is 0.416. The molecule has 0 aromatic carbocycles. The summed E-state index contributed by atoms with van der Waals surface area (Å²) in [4.78, 5) is 15.4. The molecule has 1 aliphatic rings. The molecule has 1 fully saturated rings. The average molecular weight is 289 g/mol. The molecule has 0 radical (unpaired) electrons. The van der Waals surface area contributed by atoms with Crippen molar-refractivity contribution in [3.05, 3.63) is 34.5 Å². The van der Waals surface area contributed by atoms with E-state index in [4.69, 9.17) is 0 Å². The zero-order valence-electron chi connectivity index (χ0n) is 11.6. The van der Waals surface area contributed by atoms with Crippen molar-refractivity contribution in [3.8, 4) is 0 Å². The largest absolute Gasteiger partial charge is 0.339 e. The lowest BCUT2D eigenvalue weighted by atomic mass is 10.1. The van der Waals surface area contributed by atoms with E-state index in [1.807, 2.05) is 13.0 Å². The Morgan fingerprint density at radius 2 is 2.25 bits per heavy atom. The fraction of sp³-hybridized carbons (Fsp3) is 0.500. The van der Waals surface area contributed by atoms with E-state index in [-0.39, 0.29) is 0 Å². The monoisotopic (exact) mass is 289 g/mol. The molecule has 2 aromatic heterocycles. The van der Waals surface area contributed by atoms with E-state index < -0.39 is 0 Å². The van der Waals surface area contributed by atoms with Crippen molar-refractivity contribution in [3.63, 3.8) is 0 Å². The molecule has 2 aromatic rings. The highest BCUT2D eigenvalue weighted by Crippen LogP contribution is 2.16. The number of hydrogen-bond donors (Lipinski definition) is 1. The Labute approximate surface area is 123 Å². The van der Waals surface area contributed by atoms with Gasteiger partial charge in [0.15, 0.2) is 0 Å². The number of hydrogen-bond acceptors (Lipinski definition) is 6. The zero-order valence-corrected chi connectivity index (χ0v) is 12.4. The van der Waals surface area contributed by atoms with Crippen LogP contribution in [0.1, 0.15) is 23.5 Å². The summed E-state index contributed by atoms with van der Waals surface area (Å²) >= 11 is 1.71. The molecule has 1 unspecified atom stereocenters. The van der Waals surface area contributed by atoms with Crippen LogP contribution in [-0.4, -0.2) is 34.1 Å². The second-order valence-corrected chi connectivity index (χ2v) is 6.13. The quantitative estimate of drug-likeness (QED) is 0.933. The smallest absolute Gasteiger partial charge is 0.225 e. The lowest BCUT2D eigenvalue weighted by Crippen LogP contribution is -2.46. The number of anilines is 1. The number of aryl methyl sites for hydroxylation is 1. The third kappa shape index (κ3) is 3.32. The van der Waals surface area contributed by atoms with Crippen molar-refractivity contribution in [2.24, 2.45) is 0 Å². The van der Waals surface area contributed by atoms with Crippen molar-refractivity contribution >= 4 is 17.3 Å². The Bertz CT molecular complexity index is 542. The highest BCUT2D eigenvalue weighted by molar-refractivity contribution is 7.09. The molecule has 0 spiro atoms. The van der Waals surface area contributed by atoms with Crippen LogP contribution >= 0.6 is 11.3 Å². The van der Waals surface area contributed by atoms with Crippen LogP contribution in [0.4, 0.5) is 5.95 Å². The topological polar surface area (TPSA) is 53.9 Å². The third-order valence-electron chi connectivity index (χ3n) is 3.49. The predicted octanol–water partition coefficient (Wildman–Crippen LogP) is 2.00. The van der Waals surface area contributed by atoms with Crippen LogP contribution < -0.4 is 10.2 Å². The van der Waals surface area contributed by atoms with Crippen molar-refractivity contribution in [2.45, 2.75) is 32.4 Å². The number of nitrogens with one attached hydrogen (secondary N) is 1. The first-order valence-electron chi connectivity index (χ1n) is 6.97. The van der Waals surface area contributed by atoms with E-state index in [1.165, 1.54) is 12.8 Å². The minimum atomic E-state index is 0.481. The summed E-state index contributed by atoms with van der Waals surface area (Å²) < 4.78 is 0. The van der Waals surface area contributed by atoms with Crippen LogP contribution in [0.25, 0.3) is 0 Å². The number of rotatable bonds is 4. The Kier molecular flexibility index (Phi) is 4.22. The number of thiazole rings is 1. The average Bonchev–Trinajstić information content (AvgIpc) is 2.92. The summed E-state index contributed by atoms with van der Waals surface area (Å²) in [6.45, 7) is 4.90. The van der Waals surface area contributed by atoms with Crippen LogP contribution in [0.3, 0.4) is 0 Å². The highest BCUT2D eigenvalue weighted by atomic mass is 32.1. The summed E-state index contributed by atoms with van der Waals surface area (Å²) in [5, 5.41) is 6.86. The number of nitrogens with zero attached hydrogens (tertiary/aromatic N) is 4. The molecule has 1 aliphatic heterocycles. The van der Waals surface area contributed by atoms with Gasteiger partial charge in [-0.2, -0.15) is 0 Å². The van der Waals surface area contributed by atoms with Gasteiger partial charge in [0, 0.05) is 43.4 Å². The van der Waals surface area contributed by atoms with Crippen LogP contribution in [-0.2, 0) is 6.54 Å². The molecule has 1 atom stereocenters. The van der Waals surface area contributed by atoms with Gasteiger partial charge in [0.2, 0.25) is 5.95 Å². The van der Waals surface area contributed by atoms with Crippen LogP contribution in [0.2, 0.25) is 0 Å². The van der Waals surface area contributed by atoms with Crippen molar-refractivity contribution < 1.29 is 0 Å². The number of aromatic nitrogens is 3. The molecule has 0 bridgehead atoms. The van der Waals surface area contributed by atoms with Gasteiger partial charge in [0.1, 0.15) is 0 Å². The molecule has 0 saturated carbocycles. The van der Waals surface area contributed by atoms with Gasteiger partial charge in [-0.1, -0.05) is 0 Å². The van der Waals surface area contributed by atoms with Gasteiger partial charge in [0.05, 0.1) is 10.7 Å². The molecule has 6 heteroatoms. The van der Waals surface area contributed by atoms with Crippen molar-refractivity contribution in [1.82, 2.24) is 20.3 Å². The van der Waals surface area contributed by atoms with Gasteiger partial charge in [-0.3, -0.25) is 0 Å². The van der Waals surface area contributed by atoms with Gasteiger partial charge in [-0.15, -0.1) is 11.3 Å². The molecular formula is C14H19N5S. The Morgan fingerprint density at radius 3 is 3.00 bits per heavy atom. The SMILES string of the molecule is Cc1nc(CNC2CCCN(c3ncccn3)C2)cs1. The lowest BCUT2D eigenvalue weighted by Gasteiger charge is -2.33. The second-order valence-electron chi connectivity index (χ2n) is 5.07. The van der Waals surface area contributed by atoms with Gasteiger partial charge in [-0.05, 0) is 25.8 Å². The normalized spacial score (nSPS) is 19.2. The molecule has 3 rings (SSSR count). The van der Waals surface area contributed by atoms with Gasteiger partial charge in [-0.25, -0.2) is 15.0 Å². The Hall–Kier alpha value is -1.53. The molecule has 0 aliphatic carbocycles. The zero-order chi connectivity index (χ0) is 13.8. The molecule has 106 valence electrons. The highest BCUT2D eigenvalue weighted by Gasteiger charge is 2.21. The van der Waals surface area contributed by atoms with Crippen LogP contribution in [0.5, 0.6) is 0 Å².